The van der Waals surface area contributed by atoms with Crippen molar-refractivity contribution in [2.45, 2.75) is 38.9 Å². The highest BCUT2D eigenvalue weighted by atomic mass is 32.2. The molecular weight excluding hydrogens is 280 g/mol. The van der Waals surface area contributed by atoms with E-state index in [4.69, 9.17) is 0 Å². The Morgan fingerprint density at radius 3 is 2.57 bits per heavy atom. The Hall–Kier alpha value is -1.00. The minimum Gasteiger partial charge on any atom is -0.591 e. The summed E-state index contributed by atoms with van der Waals surface area (Å²) in [6.45, 7) is 10.3. The number of fused-ring (bicyclic) bond motifs is 1. The third-order valence-electron chi connectivity index (χ3n) is 4.32. The molecule has 3 atom stereocenters. The average Bonchev–Trinajstić information content (AvgIpc) is 3.02. The smallest absolute Gasteiger partial charge is 0.144 e. The SMILES string of the molecule is Cc1ccc(/C=N/[S+]([O-])C(C)(C)C)c(N2CC3CC3C2)c1. The van der Waals surface area contributed by atoms with Gasteiger partial charge in [-0.15, -0.1) is 0 Å². The number of hydrogen-bond donors (Lipinski definition) is 0. The van der Waals surface area contributed by atoms with Crippen LogP contribution in [-0.4, -0.2) is 28.6 Å². The van der Waals surface area contributed by atoms with E-state index in [0.29, 0.717) is 0 Å². The predicted molar refractivity (Wildman–Crippen MR) is 90.5 cm³/mol. The van der Waals surface area contributed by atoms with E-state index >= 15 is 0 Å². The van der Waals surface area contributed by atoms with Gasteiger partial charge in [0.25, 0.3) is 0 Å². The second kappa shape index (κ2) is 5.33. The van der Waals surface area contributed by atoms with Crippen LogP contribution in [0.3, 0.4) is 0 Å². The highest BCUT2D eigenvalue weighted by Gasteiger charge is 2.45. The van der Waals surface area contributed by atoms with E-state index in [9.17, 15) is 4.55 Å². The van der Waals surface area contributed by atoms with Gasteiger partial charge >= 0.3 is 0 Å². The monoisotopic (exact) mass is 304 g/mol. The van der Waals surface area contributed by atoms with Crippen molar-refractivity contribution in [1.82, 2.24) is 0 Å². The maximum atomic E-state index is 12.1. The van der Waals surface area contributed by atoms with Gasteiger partial charge < -0.3 is 9.45 Å². The molecule has 2 fully saturated rings. The lowest BCUT2D eigenvalue weighted by Gasteiger charge is -2.23. The Labute approximate surface area is 130 Å². The van der Waals surface area contributed by atoms with Crippen LogP contribution in [0.1, 0.15) is 38.3 Å². The topological polar surface area (TPSA) is 38.7 Å². The van der Waals surface area contributed by atoms with Crippen molar-refractivity contribution in [2.24, 2.45) is 16.2 Å². The standard InChI is InChI=1S/C17H24N2OS/c1-12-5-6-13(9-18-21(20)17(2,3)4)16(7-12)19-10-14-8-15(14)11-19/h5-7,9,14-15H,8,10-11H2,1-4H3/b18-9+. The van der Waals surface area contributed by atoms with Crippen molar-refractivity contribution < 1.29 is 4.55 Å². The number of anilines is 1. The maximum Gasteiger partial charge on any atom is 0.144 e. The van der Waals surface area contributed by atoms with E-state index in [0.717, 1.165) is 30.5 Å². The summed E-state index contributed by atoms with van der Waals surface area (Å²) < 4.78 is 16.1. The Morgan fingerprint density at radius 1 is 1.29 bits per heavy atom. The molecule has 3 unspecified atom stereocenters. The van der Waals surface area contributed by atoms with Gasteiger partial charge in [0.05, 0.1) is 6.21 Å². The minimum absolute atomic E-state index is 0.309. The molecular formula is C17H24N2OS. The van der Waals surface area contributed by atoms with Crippen LogP contribution in [0.25, 0.3) is 0 Å². The molecule has 1 aliphatic carbocycles. The molecule has 0 spiro atoms. The van der Waals surface area contributed by atoms with Crippen molar-refractivity contribution in [2.75, 3.05) is 18.0 Å². The molecule has 3 rings (SSSR count). The molecule has 1 heterocycles. The zero-order chi connectivity index (χ0) is 15.2. The summed E-state index contributed by atoms with van der Waals surface area (Å²) in [5.41, 5.74) is 3.59. The van der Waals surface area contributed by atoms with Gasteiger partial charge in [-0.2, -0.15) is 0 Å². The predicted octanol–water partition coefficient (Wildman–Crippen LogP) is 3.33. The summed E-state index contributed by atoms with van der Waals surface area (Å²) in [5, 5.41) is 0. The van der Waals surface area contributed by atoms with Gasteiger partial charge in [-0.3, -0.25) is 0 Å². The molecule has 1 aliphatic heterocycles. The number of hydrogen-bond acceptors (Lipinski definition) is 3. The van der Waals surface area contributed by atoms with Gasteiger partial charge in [0, 0.05) is 24.3 Å². The molecule has 1 aromatic carbocycles. The van der Waals surface area contributed by atoms with Crippen LogP contribution < -0.4 is 4.90 Å². The van der Waals surface area contributed by atoms with Gasteiger partial charge in [0.15, 0.2) is 0 Å². The zero-order valence-electron chi connectivity index (χ0n) is 13.3. The fraction of sp³-hybridized carbons (Fsp3) is 0.588. The first-order valence-corrected chi connectivity index (χ1v) is 8.77. The van der Waals surface area contributed by atoms with Crippen LogP contribution in [0, 0.1) is 18.8 Å². The summed E-state index contributed by atoms with van der Waals surface area (Å²) >= 11 is -1.20. The fourth-order valence-corrected chi connectivity index (χ4v) is 3.42. The second-order valence-corrected chi connectivity index (χ2v) is 9.25. The quantitative estimate of drug-likeness (QED) is 0.634. The van der Waals surface area contributed by atoms with E-state index in [-0.39, 0.29) is 4.75 Å². The largest absolute Gasteiger partial charge is 0.591 e. The van der Waals surface area contributed by atoms with Crippen molar-refractivity contribution >= 4 is 23.3 Å². The highest BCUT2D eigenvalue weighted by Crippen LogP contribution is 2.46. The van der Waals surface area contributed by atoms with Gasteiger partial charge in [-0.25, -0.2) is 0 Å². The molecule has 114 valence electrons. The molecule has 2 aliphatic rings. The van der Waals surface area contributed by atoms with E-state index in [1.54, 1.807) is 6.21 Å². The van der Waals surface area contributed by atoms with Gasteiger partial charge in [-0.1, -0.05) is 16.5 Å². The molecule has 3 nitrogen and oxygen atoms in total. The maximum absolute atomic E-state index is 12.1. The molecule has 4 heteroatoms. The normalized spacial score (nSPS) is 26.2. The summed E-state index contributed by atoms with van der Waals surface area (Å²) in [6.07, 6.45) is 3.19. The van der Waals surface area contributed by atoms with Crippen LogP contribution in [0.5, 0.6) is 0 Å². The van der Waals surface area contributed by atoms with E-state index < -0.39 is 11.4 Å². The van der Waals surface area contributed by atoms with Crippen molar-refractivity contribution in [3.05, 3.63) is 29.3 Å². The summed E-state index contributed by atoms with van der Waals surface area (Å²) in [5.74, 6) is 1.80. The highest BCUT2D eigenvalue weighted by molar-refractivity contribution is 7.91. The van der Waals surface area contributed by atoms with Crippen LogP contribution in [0.15, 0.2) is 22.6 Å². The van der Waals surface area contributed by atoms with Gasteiger partial charge in [0.2, 0.25) is 0 Å². The molecule has 0 amide bonds. The molecule has 1 aromatic rings. The first-order valence-electron chi connectivity index (χ1n) is 7.66. The lowest BCUT2D eigenvalue weighted by Crippen LogP contribution is -2.26. The molecule has 0 N–H and O–H groups in total. The Morgan fingerprint density at radius 2 is 1.95 bits per heavy atom. The molecule has 21 heavy (non-hydrogen) atoms. The molecule has 1 saturated heterocycles. The van der Waals surface area contributed by atoms with Crippen LogP contribution >= 0.6 is 0 Å². The Bertz CT molecular complexity index is 554. The van der Waals surface area contributed by atoms with E-state index in [1.807, 2.05) is 20.8 Å². The number of benzene rings is 1. The molecule has 0 radical (unpaired) electrons. The van der Waals surface area contributed by atoms with Gasteiger partial charge in [0.1, 0.15) is 16.1 Å². The van der Waals surface area contributed by atoms with Crippen molar-refractivity contribution in [1.29, 1.82) is 0 Å². The number of piperidine rings is 1. The lowest BCUT2D eigenvalue weighted by molar-refractivity contribution is 0.562. The molecule has 0 bridgehead atoms. The van der Waals surface area contributed by atoms with Crippen molar-refractivity contribution in [3.8, 4) is 0 Å². The van der Waals surface area contributed by atoms with Gasteiger partial charge in [-0.05, 0) is 57.6 Å². The van der Waals surface area contributed by atoms with Crippen molar-refractivity contribution in [3.63, 3.8) is 0 Å². The summed E-state index contributed by atoms with van der Waals surface area (Å²) in [7, 11) is 0. The molecule has 0 aromatic heterocycles. The lowest BCUT2D eigenvalue weighted by atomic mass is 10.1. The number of nitrogens with zero attached hydrogens (tertiary/aromatic N) is 2. The first kappa shape index (κ1) is 14.9. The average molecular weight is 304 g/mol. The second-order valence-electron chi connectivity index (χ2n) is 7.32. The van der Waals surface area contributed by atoms with Crippen LogP contribution in [0.2, 0.25) is 0 Å². The first-order chi connectivity index (χ1) is 9.84. The fourth-order valence-electron chi connectivity index (χ4n) is 2.89. The third-order valence-corrected chi connectivity index (χ3v) is 5.66. The zero-order valence-corrected chi connectivity index (χ0v) is 14.1. The number of aryl methyl sites for hydroxylation is 1. The molecule has 1 saturated carbocycles. The summed E-state index contributed by atoms with van der Waals surface area (Å²) in [4.78, 5) is 2.47. The minimum atomic E-state index is -1.20. The van der Waals surface area contributed by atoms with Crippen LogP contribution in [0.4, 0.5) is 5.69 Å². The Kier molecular flexibility index (Phi) is 3.78. The third kappa shape index (κ3) is 3.27. The van der Waals surface area contributed by atoms with E-state index in [2.05, 4.69) is 34.4 Å². The van der Waals surface area contributed by atoms with Crippen LogP contribution in [-0.2, 0) is 11.4 Å². The summed E-state index contributed by atoms with van der Waals surface area (Å²) in [6, 6.07) is 6.42. The Balaban J connectivity index is 1.83. The van der Waals surface area contributed by atoms with E-state index in [1.165, 1.54) is 17.7 Å². The number of rotatable bonds is 3.